The maximum atomic E-state index is 13.2. The van der Waals surface area contributed by atoms with Gasteiger partial charge in [-0.15, -0.1) is 0 Å². The lowest BCUT2D eigenvalue weighted by atomic mass is 10.0. The molecule has 1 aromatic rings. The van der Waals surface area contributed by atoms with Gasteiger partial charge in [-0.05, 0) is 49.4 Å². The molecular formula is C16H21FN2O3. The monoisotopic (exact) mass is 308 g/mol. The van der Waals surface area contributed by atoms with Crippen molar-refractivity contribution in [2.75, 3.05) is 11.9 Å². The standard InChI is InChI=1S/C16H21FN2O3/c1-10-6-12(17)8-13(7-10)19-16(22)15(21)18-9-14(20)11-4-2-3-5-11/h6-8,11,14,20H,2-5,9H2,1H3,(H,18,21)(H,19,22). The predicted molar refractivity (Wildman–Crippen MR) is 80.7 cm³/mol. The molecule has 5 nitrogen and oxygen atoms in total. The van der Waals surface area contributed by atoms with Gasteiger partial charge in [0.25, 0.3) is 0 Å². The molecule has 120 valence electrons. The maximum Gasteiger partial charge on any atom is 0.313 e. The number of aliphatic hydroxyl groups is 1. The lowest BCUT2D eigenvalue weighted by Gasteiger charge is -2.17. The number of aliphatic hydroxyl groups excluding tert-OH is 1. The normalized spacial score (nSPS) is 16.3. The number of carbonyl (C=O) groups excluding carboxylic acids is 2. The number of halogens is 1. The summed E-state index contributed by atoms with van der Waals surface area (Å²) in [6, 6.07) is 4.04. The number of amides is 2. The number of hydrogen-bond donors (Lipinski definition) is 3. The Morgan fingerprint density at radius 3 is 2.59 bits per heavy atom. The first-order valence-corrected chi connectivity index (χ1v) is 7.50. The van der Waals surface area contributed by atoms with E-state index < -0.39 is 23.7 Å². The largest absolute Gasteiger partial charge is 0.391 e. The average Bonchev–Trinajstić information content (AvgIpc) is 2.97. The topological polar surface area (TPSA) is 78.4 Å². The fraction of sp³-hybridized carbons (Fsp3) is 0.500. The van der Waals surface area contributed by atoms with E-state index in [1.807, 2.05) is 0 Å². The molecule has 1 fully saturated rings. The minimum atomic E-state index is -0.872. The van der Waals surface area contributed by atoms with Crippen molar-refractivity contribution in [2.24, 2.45) is 5.92 Å². The van der Waals surface area contributed by atoms with Gasteiger partial charge in [0.05, 0.1) is 6.10 Å². The Kier molecular flexibility index (Phi) is 5.49. The van der Waals surface area contributed by atoms with E-state index in [-0.39, 0.29) is 18.2 Å². The van der Waals surface area contributed by atoms with Crippen LogP contribution in [0.2, 0.25) is 0 Å². The van der Waals surface area contributed by atoms with E-state index in [4.69, 9.17) is 0 Å². The van der Waals surface area contributed by atoms with Gasteiger partial charge in [-0.1, -0.05) is 12.8 Å². The molecule has 1 unspecified atom stereocenters. The zero-order valence-corrected chi connectivity index (χ0v) is 12.6. The molecule has 0 aromatic heterocycles. The van der Waals surface area contributed by atoms with Gasteiger partial charge < -0.3 is 15.7 Å². The molecule has 1 atom stereocenters. The molecule has 2 amide bonds. The Labute approximate surface area is 128 Å². The Bertz CT molecular complexity index is 536. The number of carbonyl (C=O) groups is 2. The van der Waals surface area contributed by atoms with Crippen LogP contribution in [-0.2, 0) is 9.59 Å². The van der Waals surface area contributed by atoms with Crippen LogP contribution in [-0.4, -0.2) is 29.6 Å². The molecular weight excluding hydrogens is 287 g/mol. The molecule has 1 aliphatic rings. The molecule has 1 saturated carbocycles. The van der Waals surface area contributed by atoms with Crippen molar-refractivity contribution in [1.82, 2.24) is 5.32 Å². The van der Waals surface area contributed by atoms with E-state index in [0.717, 1.165) is 31.7 Å². The van der Waals surface area contributed by atoms with Gasteiger partial charge in [-0.25, -0.2) is 4.39 Å². The second-order valence-electron chi connectivity index (χ2n) is 5.79. The van der Waals surface area contributed by atoms with Crippen LogP contribution in [0, 0.1) is 18.7 Å². The van der Waals surface area contributed by atoms with Crippen LogP contribution in [0.15, 0.2) is 18.2 Å². The Hall–Kier alpha value is -1.95. The summed E-state index contributed by atoms with van der Waals surface area (Å²) in [5.74, 6) is -2.00. The first-order chi connectivity index (χ1) is 10.5. The van der Waals surface area contributed by atoms with Crippen molar-refractivity contribution in [3.63, 3.8) is 0 Å². The molecule has 2 rings (SSSR count). The molecule has 0 aliphatic heterocycles. The molecule has 3 N–H and O–H groups in total. The van der Waals surface area contributed by atoms with E-state index in [9.17, 15) is 19.1 Å². The van der Waals surface area contributed by atoms with Gasteiger partial charge in [-0.3, -0.25) is 9.59 Å². The molecule has 0 heterocycles. The van der Waals surface area contributed by atoms with E-state index in [1.54, 1.807) is 13.0 Å². The minimum absolute atomic E-state index is 0.0547. The van der Waals surface area contributed by atoms with Crippen molar-refractivity contribution in [1.29, 1.82) is 0 Å². The fourth-order valence-corrected chi connectivity index (χ4v) is 2.78. The highest BCUT2D eigenvalue weighted by Gasteiger charge is 2.24. The highest BCUT2D eigenvalue weighted by molar-refractivity contribution is 6.39. The minimum Gasteiger partial charge on any atom is -0.391 e. The van der Waals surface area contributed by atoms with E-state index >= 15 is 0 Å². The molecule has 6 heteroatoms. The number of hydrogen-bond acceptors (Lipinski definition) is 3. The Balaban J connectivity index is 1.82. The van der Waals surface area contributed by atoms with Crippen LogP contribution in [0.3, 0.4) is 0 Å². The summed E-state index contributed by atoms with van der Waals surface area (Å²) in [4.78, 5) is 23.5. The second kappa shape index (κ2) is 7.35. The second-order valence-corrected chi connectivity index (χ2v) is 5.79. The highest BCUT2D eigenvalue weighted by atomic mass is 19.1. The van der Waals surface area contributed by atoms with Crippen LogP contribution in [0.1, 0.15) is 31.2 Å². The quantitative estimate of drug-likeness (QED) is 0.741. The van der Waals surface area contributed by atoms with E-state index in [0.29, 0.717) is 5.56 Å². The summed E-state index contributed by atoms with van der Waals surface area (Å²) < 4.78 is 13.2. The van der Waals surface area contributed by atoms with Crippen molar-refractivity contribution >= 4 is 17.5 Å². The predicted octanol–water partition coefficient (Wildman–Crippen LogP) is 1.74. The lowest BCUT2D eigenvalue weighted by Crippen LogP contribution is -2.41. The lowest BCUT2D eigenvalue weighted by molar-refractivity contribution is -0.136. The number of anilines is 1. The van der Waals surface area contributed by atoms with Gasteiger partial charge >= 0.3 is 11.8 Å². The summed E-state index contributed by atoms with van der Waals surface area (Å²) in [7, 11) is 0. The van der Waals surface area contributed by atoms with Crippen LogP contribution in [0.4, 0.5) is 10.1 Å². The van der Waals surface area contributed by atoms with E-state index in [1.165, 1.54) is 6.07 Å². The Morgan fingerprint density at radius 2 is 1.95 bits per heavy atom. The van der Waals surface area contributed by atoms with Gasteiger partial charge in [0.1, 0.15) is 5.82 Å². The van der Waals surface area contributed by atoms with Crippen molar-refractivity contribution in [3.05, 3.63) is 29.6 Å². The SMILES string of the molecule is Cc1cc(F)cc(NC(=O)C(=O)NCC(O)C2CCCC2)c1. The zero-order chi connectivity index (χ0) is 16.1. The fourth-order valence-electron chi connectivity index (χ4n) is 2.78. The summed E-state index contributed by atoms with van der Waals surface area (Å²) in [5, 5.41) is 14.7. The van der Waals surface area contributed by atoms with Crippen LogP contribution in [0.5, 0.6) is 0 Å². The first-order valence-electron chi connectivity index (χ1n) is 7.50. The van der Waals surface area contributed by atoms with Gasteiger partial charge in [-0.2, -0.15) is 0 Å². The maximum absolute atomic E-state index is 13.2. The van der Waals surface area contributed by atoms with Crippen LogP contribution < -0.4 is 10.6 Å². The average molecular weight is 308 g/mol. The smallest absolute Gasteiger partial charge is 0.313 e. The zero-order valence-electron chi connectivity index (χ0n) is 12.6. The molecule has 22 heavy (non-hydrogen) atoms. The molecule has 1 aliphatic carbocycles. The molecule has 0 spiro atoms. The van der Waals surface area contributed by atoms with Crippen molar-refractivity contribution < 1.29 is 19.1 Å². The molecule has 0 bridgehead atoms. The Morgan fingerprint density at radius 1 is 1.27 bits per heavy atom. The number of aryl methyl sites for hydroxylation is 1. The van der Waals surface area contributed by atoms with E-state index in [2.05, 4.69) is 10.6 Å². The number of nitrogens with one attached hydrogen (secondary N) is 2. The van der Waals surface area contributed by atoms with Gasteiger partial charge in [0.2, 0.25) is 0 Å². The van der Waals surface area contributed by atoms with Crippen molar-refractivity contribution in [3.8, 4) is 0 Å². The third-order valence-electron chi connectivity index (χ3n) is 3.92. The summed E-state index contributed by atoms with van der Waals surface area (Å²) in [5.41, 5.74) is 0.876. The summed E-state index contributed by atoms with van der Waals surface area (Å²) in [6.45, 7) is 1.75. The summed E-state index contributed by atoms with van der Waals surface area (Å²) in [6.07, 6.45) is 3.46. The summed E-state index contributed by atoms with van der Waals surface area (Å²) >= 11 is 0. The first kappa shape index (κ1) is 16.4. The van der Waals surface area contributed by atoms with Gasteiger partial charge in [0.15, 0.2) is 0 Å². The van der Waals surface area contributed by atoms with Crippen LogP contribution in [0.25, 0.3) is 0 Å². The van der Waals surface area contributed by atoms with Crippen molar-refractivity contribution in [2.45, 2.75) is 38.7 Å². The van der Waals surface area contributed by atoms with Gasteiger partial charge in [0, 0.05) is 12.2 Å². The number of rotatable bonds is 4. The molecule has 0 saturated heterocycles. The molecule has 0 radical (unpaired) electrons. The molecule has 1 aromatic carbocycles. The highest BCUT2D eigenvalue weighted by Crippen LogP contribution is 2.27. The number of benzene rings is 1. The van der Waals surface area contributed by atoms with Crippen LogP contribution >= 0.6 is 0 Å². The third kappa shape index (κ3) is 4.53. The third-order valence-corrected chi connectivity index (χ3v) is 3.92.